The van der Waals surface area contributed by atoms with Crippen molar-refractivity contribution in [1.29, 1.82) is 0 Å². The fraction of sp³-hybridized carbons (Fsp3) is 0.923. The van der Waals surface area contributed by atoms with Crippen LogP contribution in [0.15, 0.2) is 0 Å². The van der Waals surface area contributed by atoms with Crippen LogP contribution in [0.5, 0.6) is 0 Å². The molecule has 2 unspecified atom stereocenters. The van der Waals surface area contributed by atoms with E-state index >= 15 is 0 Å². The van der Waals surface area contributed by atoms with Crippen LogP contribution in [0.1, 0.15) is 47.5 Å². The third-order valence-corrected chi connectivity index (χ3v) is 3.27. The van der Waals surface area contributed by atoms with Gasteiger partial charge in [-0.25, -0.2) is 0 Å². The lowest BCUT2D eigenvalue weighted by Gasteiger charge is -2.32. The molecule has 0 saturated carbocycles. The van der Waals surface area contributed by atoms with Gasteiger partial charge in [0, 0.05) is 18.0 Å². The van der Waals surface area contributed by atoms with Crippen molar-refractivity contribution in [1.82, 2.24) is 4.90 Å². The van der Waals surface area contributed by atoms with Gasteiger partial charge < -0.3 is 9.69 Å². The monoisotopic (exact) mass is 213 g/mol. The lowest BCUT2D eigenvalue weighted by Crippen LogP contribution is -2.39. The topological polar surface area (TPSA) is 20.3 Å². The maximum atomic E-state index is 11.0. The summed E-state index contributed by atoms with van der Waals surface area (Å²) in [6.07, 6.45) is 3.20. The molecule has 0 N–H and O–H groups in total. The normalized spacial score (nSPS) is 17.9. The van der Waals surface area contributed by atoms with Crippen LogP contribution in [0.25, 0.3) is 0 Å². The fourth-order valence-electron chi connectivity index (χ4n) is 1.82. The van der Waals surface area contributed by atoms with Crippen molar-refractivity contribution in [3.63, 3.8) is 0 Å². The highest BCUT2D eigenvalue weighted by molar-refractivity contribution is 5.58. The van der Waals surface area contributed by atoms with Crippen LogP contribution in [-0.2, 0) is 4.79 Å². The molecular formula is C13H27NO. The van der Waals surface area contributed by atoms with Gasteiger partial charge >= 0.3 is 0 Å². The first kappa shape index (κ1) is 14.6. The molecule has 0 radical (unpaired) electrons. The Bertz CT molecular complexity index is 191. The minimum atomic E-state index is -0.181. The summed E-state index contributed by atoms with van der Waals surface area (Å²) in [4.78, 5) is 13.3. The van der Waals surface area contributed by atoms with E-state index in [-0.39, 0.29) is 5.41 Å². The van der Waals surface area contributed by atoms with Gasteiger partial charge in [0.2, 0.25) is 0 Å². The Hall–Kier alpha value is -0.370. The average Bonchev–Trinajstić information content (AvgIpc) is 2.16. The van der Waals surface area contributed by atoms with Gasteiger partial charge in [-0.05, 0) is 32.7 Å². The number of aldehydes is 1. The first-order valence-corrected chi connectivity index (χ1v) is 6.01. The Labute approximate surface area is 95.0 Å². The van der Waals surface area contributed by atoms with Crippen molar-refractivity contribution >= 4 is 6.29 Å². The smallest absolute Gasteiger partial charge is 0.127 e. The highest BCUT2D eigenvalue weighted by Gasteiger charge is 2.25. The lowest BCUT2D eigenvalue weighted by molar-refractivity contribution is -0.116. The molecule has 0 heterocycles. The summed E-state index contributed by atoms with van der Waals surface area (Å²) in [5.41, 5.74) is -0.181. The molecule has 2 nitrogen and oxygen atoms in total. The molecule has 0 amide bonds. The quantitative estimate of drug-likeness (QED) is 0.606. The van der Waals surface area contributed by atoms with Crippen molar-refractivity contribution in [3.05, 3.63) is 0 Å². The summed E-state index contributed by atoms with van der Waals surface area (Å²) in [5.74, 6) is 0.714. The molecule has 2 heteroatoms. The Morgan fingerprint density at radius 1 is 1.33 bits per heavy atom. The van der Waals surface area contributed by atoms with E-state index in [9.17, 15) is 4.79 Å². The van der Waals surface area contributed by atoms with Gasteiger partial charge in [-0.1, -0.05) is 27.7 Å². The maximum absolute atomic E-state index is 11.0. The van der Waals surface area contributed by atoms with E-state index in [1.54, 1.807) is 0 Å². The van der Waals surface area contributed by atoms with Crippen molar-refractivity contribution in [3.8, 4) is 0 Å². The highest BCUT2D eigenvalue weighted by Crippen LogP contribution is 2.21. The van der Waals surface area contributed by atoms with Crippen LogP contribution in [0.2, 0.25) is 0 Å². The number of carbonyl (C=O) groups excluding carboxylic acids is 1. The molecule has 2 atom stereocenters. The second kappa shape index (κ2) is 6.26. The van der Waals surface area contributed by atoms with E-state index < -0.39 is 0 Å². The summed E-state index contributed by atoms with van der Waals surface area (Å²) in [6, 6.07) is 0.552. The summed E-state index contributed by atoms with van der Waals surface area (Å²) in [6.45, 7) is 11.7. The molecule has 0 aliphatic carbocycles. The van der Waals surface area contributed by atoms with E-state index in [0.717, 1.165) is 19.3 Å². The average molecular weight is 213 g/mol. The van der Waals surface area contributed by atoms with Gasteiger partial charge in [0.25, 0.3) is 0 Å². The van der Waals surface area contributed by atoms with Crippen molar-refractivity contribution in [2.75, 3.05) is 13.6 Å². The minimum absolute atomic E-state index is 0.181. The van der Waals surface area contributed by atoms with Gasteiger partial charge in [0.15, 0.2) is 0 Å². The fourth-order valence-corrected chi connectivity index (χ4v) is 1.82. The predicted molar refractivity (Wildman–Crippen MR) is 66.0 cm³/mol. The summed E-state index contributed by atoms with van der Waals surface area (Å²) in [5, 5.41) is 0. The molecule has 0 aliphatic rings. The lowest BCUT2D eigenvalue weighted by atomic mass is 9.88. The van der Waals surface area contributed by atoms with Gasteiger partial charge in [0.05, 0.1) is 0 Å². The molecule has 0 saturated heterocycles. The van der Waals surface area contributed by atoms with Crippen molar-refractivity contribution in [2.24, 2.45) is 11.3 Å². The zero-order valence-electron chi connectivity index (χ0n) is 11.2. The first-order chi connectivity index (χ1) is 6.84. The zero-order chi connectivity index (χ0) is 12.1. The second-order valence-corrected chi connectivity index (χ2v) is 5.52. The van der Waals surface area contributed by atoms with E-state index in [4.69, 9.17) is 0 Å². The molecule has 0 bridgehead atoms. The molecule has 0 rings (SSSR count). The van der Waals surface area contributed by atoms with Gasteiger partial charge in [0.1, 0.15) is 6.29 Å². The molecule has 0 aliphatic heterocycles. The molecule has 0 aromatic heterocycles. The predicted octanol–water partition coefficient (Wildman–Crippen LogP) is 2.97. The van der Waals surface area contributed by atoms with Crippen LogP contribution in [0.3, 0.4) is 0 Å². The molecule has 0 aromatic carbocycles. The molecule has 0 spiro atoms. The first-order valence-electron chi connectivity index (χ1n) is 6.01. The highest BCUT2D eigenvalue weighted by atomic mass is 16.1. The molecular weight excluding hydrogens is 186 g/mol. The Kier molecular flexibility index (Phi) is 6.11. The third kappa shape index (κ3) is 5.31. The number of carbonyl (C=O) groups is 1. The molecule has 90 valence electrons. The summed E-state index contributed by atoms with van der Waals surface area (Å²) in [7, 11) is 2.12. The zero-order valence-corrected chi connectivity index (χ0v) is 11.2. The van der Waals surface area contributed by atoms with Crippen LogP contribution in [-0.4, -0.2) is 30.8 Å². The Balaban J connectivity index is 4.21. The van der Waals surface area contributed by atoms with Crippen molar-refractivity contribution in [2.45, 2.75) is 53.5 Å². The molecule has 0 fully saturated rings. The van der Waals surface area contributed by atoms with Crippen LogP contribution >= 0.6 is 0 Å². The second-order valence-electron chi connectivity index (χ2n) is 5.52. The number of hydrogen-bond donors (Lipinski definition) is 0. The van der Waals surface area contributed by atoms with Crippen LogP contribution in [0, 0.1) is 11.3 Å². The van der Waals surface area contributed by atoms with E-state index in [1.165, 1.54) is 6.42 Å². The maximum Gasteiger partial charge on any atom is 0.127 e. The molecule has 15 heavy (non-hydrogen) atoms. The van der Waals surface area contributed by atoms with Crippen molar-refractivity contribution < 1.29 is 4.79 Å². The summed E-state index contributed by atoms with van der Waals surface area (Å²) >= 11 is 0. The van der Waals surface area contributed by atoms with Gasteiger partial charge in [-0.15, -0.1) is 0 Å². The summed E-state index contributed by atoms with van der Waals surface area (Å²) < 4.78 is 0. The number of rotatable bonds is 7. The standard InChI is InChI=1S/C13H27NO/c1-7-13(5,10-15)9-14(6)12(4)8-11(2)3/h10-12H,7-9H2,1-6H3. The Morgan fingerprint density at radius 2 is 1.87 bits per heavy atom. The van der Waals surface area contributed by atoms with Crippen LogP contribution in [0.4, 0.5) is 0 Å². The van der Waals surface area contributed by atoms with E-state index in [1.807, 2.05) is 6.92 Å². The third-order valence-electron chi connectivity index (χ3n) is 3.27. The minimum Gasteiger partial charge on any atom is -0.303 e. The van der Waals surface area contributed by atoms with E-state index in [2.05, 4.69) is 39.6 Å². The largest absolute Gasteiger partial charge is 0.303 e. The van der Waals surface area contributed by atoms with E-state index in [0.29, 0.717) is 12.0 Å². The van der Waals surface area contributed by atoms with Gasteiger partial charge in [-0.2, -0.15) is 0 Å². The number of hydrogen-bond acceptors (Lipinski definition) is 2. The Morgan fingerprint density at radius 3 is 2.20 bits per heavy atom. The number of nitrogens with zero attached hydrogens (tertiary/aromatic N) is 1. The molecule has 0 aromatic rings. The SMILES string of the molecule is CCC(C)(C=O)CN(C)C(C)CC(C)C. The van der Waals surface area contributed by atoms with Gasteiger partial charge in [-0.3, -0.25) is 0 Å². The van der Waals surface area contributed by atoms with Crippen LogP contribution < -0.4 is 0 Å².